The van der Waals surface area contributed by atoms with Crippen LogP contribution in [0.25, 0.3) is 10.7 Å². The Kier molecular flexibility index (Phi) is 3.67. The van der Waals surface area contributed by atoms with Crippen LogP contribution in [0.1, 0.15) is 15.9 Å². The third-order valence-electron chi connectivity index (χ3n) is 3.22. The molecular formula is C15H12N2O3S2. The van der Waals surface area contributed by atoms with E-state index in [0.717, 1.165) is 9.54 Å². The summed E-state index contributed by atoms with van der Waals surface area (Å²) in [6.45, 7) is 1.89. The summed E-state index contributed by atoms with van der Waals surface area (Å²) in [6.07, 6.45) is 3.60. The second kappa shape index (κ2) is 5.51. The molecule has 7 heteroatoms. The molecule has 0 fully saturated rings. The summed E-state index contributed by atoms with van der Waals surface area (Å²) in [6, 6.07) is 8.06. The van der Waals surface area contributed by atoms with E-state index in [9.17, 15) is 13.2 Å². The number of thiazole rings is 1. The van der Waals surface area contributed by atoms with Crippen LogP contribution >= 0.6 is 11.3 Å². The molecule has 0 bridgehead atoms. The lowest BCUT2D eigenvalue weighted by molar-refractivity contribution is 0.112. The molecule has 0 radical (unpaired) electrons. The standard InChI is InChI=1S/C15H12N2O3S2/c1-11-2-4-13(5-3-11)22(19,20)17-8-6-12(10-18)14(17)15-16-7-9-21-15/h2-10H,1H3. The predicted molar refractivity (Wildman–Crippen MR) is 84.7 cm³/mol. The fourth-order valence-electron chi connectivity index (χ4n) is 2.11. The Labute approximate surface area is 131 Å². The number of nitrogens with zero attached hydrogens (tertiary/aromatic N) is 2. The Bertz CT molecular complexity index is 908. The molecule has 3 rings (SSSR count). The van der Waals surface area contributed by atoms with E-state index in [2.05, 4.69) is 4.98 Å². The highest BCUT2D eigenvalue weighted by Crippen LogP contribution is 2.29. The van der Waals surface area contributed by atoms with Gasteiger partial charge in [-0.05, 0) is 25.1 Å². The van der Waals surface area contributed by atoms with Crippen LogP contribution in [0, 0.1) is 6.92 Å². The van der Waals surface area contributed by atoms with Crippen LogP contribution in [0.15, 0.2) is 53.0 Å². The first kappa shape index (κ1) is 14.7. The van der Waals surface area contributed by atoms with Crippen molar-refractivity contribution in [3.05, 3.63) is 59.2 Å². The Balaban J connectivity index is 2.22. The van der Waals surface area contributed by atoms with E-state index in [1.165, 1.54) is 23.6 Å². The molecule has 2 aromatic heterocycles. The number of rotatable bonds is 4. The highest BCUT2D eigenvalue weighted by molar-refractivity contribution is 7.90. The number of aryl methyl sites for hydroxylation is 1. The van der Waals surface area contributed by atoms with E-state index in [0.29, 0.717) is 22.6 Å². The molecule has 0 unspecified atom stereocenters. The van der Waals surface area contributed by atoms with Gasteiger partial charge in [0.1, 0.15) is 10.7 Å². The van der Waals surface area contributed by atoms with Crippen LogP contribution in [0.2, 0.25) is 0 Å². The number of aromatic nitrogens is 2. The van der Waals surface area contributed by atoms with Gasteiger partial charge < -0.3 is 0 Å². The van der Waals surface area contributed by atoms with E-state index in [1.807, 2.05) is 6.92 Å². The summed E-state index contributed by atoms with van der Waals surface area (Å²) in [7, 11) is -3.78. The van der Waals surface area contributed by atoms with Gasteiger partial charge in [0.05, 0.1) is 4.90 Å². The van der Waals surface area contributed by atoms with Crippen molar-refractivity contribution in [3.8, 4) is 10.7 Å². The average molecular weight is 332 g/mol. The van der Waals surface area contributed by atoms with Crippen molar-refractivity contribution in [1.29, 1.82) is 0 Å². The molecule has 0 aliphatic carbocycles. The molecule has 0 saturated carbocycles. The zero-order valence-electron chi connectivity index (χ0n) is 11.6. The van der Waals surface area contributed by atoms with Crippen molar-refractivity contribution in [2.45, 2.75) is 11.8 Å². The van der Waals surface area contributed by atoms with E-state index in [1.54, 1.807) is 35.8 Å². The van der Waals surface area contributed by atoms with Gasteiger partial charge >= 0.3 is 0 Å². The number of aldehydes is 1. The van der Waals surface area contributed by atoms with Crippen LogP contribution in [0.5, 0.6) is 0 Å². The molecule has 0 amide bonds. The van der Waals surface area contributed by atoms with Crippen molar-refractivity contribution in [3.63, 3.8) is 0 Å². The summed E-state index contributed by atoms with van der Waals surface area (Å²) in [5.74, 6) is 0. The Morgan fingerprint density at radius 1 is 1.18 bits per heavy atom. The molecule has 3 aromatic rings. The normalized spacial score (nSPS) is 11.5. The molecular weight excluding hydrogens is 320 g/mol. The molecule has 2 heterocycles. The second-order valence-electron chi connectivity index (χ2n) is 4.69. The second-order valence-corrected chi connectivity index (χ2v) is 7.40. The summed E-state index contributed by atoms with van der Waals surface area (Å²) in [4.78, 5) is 15.5. The lowest BCUT2D eigenvalue weighted by Gasteiger charge is -2.10. The van der Waals surface area contributed by atoms with Gasteiger partial charge in [-0.2, -0.15) is 0 Å². The Morgan fingerprint density at radius 3 is 2.50 bits per heavy atom. The molecule has 0 saturated heterocycles. The van der Waals surface area contributed by atoms with Gasteiger partial charge in [-0.15, -0.1) is 11.3 Å². The van der Waals surface area contributed by atoms with Crippen molar-refractivity contribution in [2.75, 3.05) is 0 Å². The summed E-state index contributed by atoms with van der Waals surface area (Å²) in [5.41, 5.74) is 1.57. The maximum Gasteiger partial charge on any atom is 0.268 e. The van der Waals surface area contributed by atoms with Crippen LogP contribution < -0.4 is 0 Å². The Morgan fingerprint density at radius 2 is 1.91 bits per heavy atom. The first-order valence-electron chi connectivity index (χ1n) is 6.42. The fraction of sp³-hybridized carbons (Fsp3) is 0.0667. The third-order valence-corrected chi connectivity index (χ3v) is 5.69. The van der Waals surface area contributed by atoms with E-state index < -0.39 is 10.0 Å². The van der Waals surface area contributed by atoms with Gasteiger partial charge in [0.2, 0.25) is 0 Å². The van der Waals surface area contributed by atoms with Crippen LogP contribution in [0.4, 0.5) is 0 Å². The zero-order valence-corrected chi connectivity index (χ0v) is 13.3. The zero-order chi connectivity index (χ0) is 15.7. The number of benzene rings is 1. The SMILES string of the molecule is Cc1ccc(S(=O)(=O)n2ccc(C=O)c2-c2nccs2)cc1. The molecule has 0 aliphatic heterocycles. The maximum atomic E-state index is 12.8. The molecule has 1 aromatic carbocycles. The quantitative estimate of drug-likeness (QED) is 0.689. The van der Waals surface area contributed by atoms with Gasteiger partial charge in [-0.25, -0.2) is 17.4 Å². The maximum absolute atomic E-state index is 12.8. The molecule has 5 nitrogen and oxygen atoms in total. The molecule has 0 atom stereocenters. The summed E-state index contributed by atoms with van der Waals surface area (Å²) in [5, 5.41) is 2.22. The topological polar surface area (TPSA) is 69.0 Å². The van der Waals surface area contributed by atoms with Gasteiger partial charge in [0.25, 0.3) is 10.0 Å². The molecule has 0 aliphatic rings. The monoisotopic (exact) mass is 332 g/mol. The minimum atomic E-state index is -3.78. The highest BCUT2D eigenvalue weighted by atomic mass is 32.2. The van der Waals surface area contributed by atoms with Crippen LogP contribution in [-0.2, 0) is 10.0 Å². The molecule has 112 valence electrons. The fourth-order valence-corrected chi connectivity index (χ4v) is 4.22. The smallest absolute Gasteiger partial charge is 0.268 e. The number of carbonyl (C=O) groups is 1. The van der Waals surface area contributed by atoms with Gasteiger partial charge in [-0.3, -0.25) is 4.79 Å². The van der Waals surface area contributed by atoms with Crippen molar-refractivity contribution < 1.29 is 13.2 Å². The highest BCUT2D eigenvalue weighted by Gasteiger charge is 2.24. The van der Waals surface area contributed by atoms with E-state index >= 15 is 0 Å². The van der Waals surface area contributed by atoms with Gasteiger partial charge in [0.15, 0.2) is 6.29 Å². The number of hydrogen-bond donors (Lipinski definition) is 0. The lowest BCUT2D eigenvalue weighted by Crippen LogP contribution is -2.13. The van der Waals surface area contributed by atoms with Crippen LogP contribution in [-0.4, -0.2) is 23.7 Å². The minimum absolute atomic E-state index is 0.170. The molecule has 22 heavy (non-hydrogen) atoms. The van der Waals surface area contributed by atoms with Gasteiger partial charge in [-0.1, -0.05) is 17.7 Å². The number of hydrogen-bond acceptors (Lipinski definition) is 5. The van der Waals surface area contributed by atoms with Crippen molar-refractivity contribution in [2.24, 2.45) is 0 Å². The lowest BCUT2D eigenvalue weighted by atomic mass is 10.2. The van der Waals surface area contributed by atoms with Crippen molar-refractivity contribution >= 4 is 27.6 Å². The third kappa shape index (κ3) is 2.38. The molecule has 0 spiro atoms. The number of carbonyl (C=O) groups excluding carboxylic acids is 1. The average Bonchev–Trinajstić information content (AvgIpc) is 3.16. The van der Waals surface area contributed by atoms with E-state index in [4.69, 9.17) is 0 Å². The first-order valence-corrected chi connectivity index (χ1v) is 8.74. The van der Waals surface area contributed by atoms with Crippen molar-refractivity contribution in [1.82, 2.24) is 8.96 Å². The summed E-state index contributed by atoms with van der Waals surface area (Å²) >= 11 is 1.28. The first-order chi connectivity index (χ1) is 10.5. The predicted octanol–water partition coefficient (Wildman–Crippen LogP) is 2.97. The molecule has 0 N–H and O–H groups in total. The largest absolute Gasteiger partial charge is 0.298 e. The minimum Gasteiger partial charge on any atom is -0.298 e. The van der Waals surface area contributed by atoms with Gasteiger partial charge in [0, 0.05) is 23.3 Å². The van der Waals surface area contributed by atoms with Crippen LogP contribution in [0.3, 0.4) is 0 Å². The Hall–Kier alpha value is -2.25. The van der Waals surface area contributed by atoms with E-state index in [-0.39, 0.29) is 4.90 Å². The summed E-state index contributed by atoms with van der Waals surface area (Å²) < 4.78 is 26.7.